The molecule has 0 spiro atoms. The van der Waals surface area contributed by atoms with E-state index in [2.05, 4.69) is 27.7 Å². The van der Waals surface area contributed by atoms with Crippen molar-refractivity contribution in [2.75, 3.05) is 6.16 Å². The van der Waals surface area contributed by atoms with Gasteiger partial charge in [0, 0.05) is 17.2 Å². The summed E-state index contributed by atoms with van der Waals surface area (Å²) < 4.78 is 6.47. The van der Waals surface area contributed by atoms with Gasteiger partial charge in [-0.15, -0.1) is 0 Å². The van der Waals surface area contributed by atoms with Crippen LogP contribution in [0, 0.1) is 35.8 Å². The third-order valence-electron chi connectivity index (χ3n) is 5.89. The van der Waals surface area contributed by atoms with E-state index in [4.69, 9.17) is 4.74 Å². The summed E-state index contributed by atoms with van der Waals surface area (Å²) in [6.07, 6.45) is 6.23. The second kappa shape index (κ2) is 8.60. The molecule has 0 radical (unpaired) electrons. The number of hydrogen-bond donors (Lipinski definition) is 1. The quantitative estimate of drug-likeness (QED) is 0.369. The van der Waals surface area contributed by atoms with Gasteiger partial charge in [0.2, 0.25) is 6.20 Å². The predicted octanol–water partition coefficient (Wildman–Crippen LogP) is 5.66. The molecule has 1 N–H and O–H groups in total. The van der Waals surface area contributed by atoms with Crippen molar-refractivity contribution in [1.82, 2.24) is 0 Å². The Hall–Kier alpha value is -1.61. The fraction of sp³-hybridized carbons (Fsp3) is 0.619. The zero-order valence-electron chi connectivity index (χ0n) is 17.3. The molecule has 0 bridgehead atoms. The highest BCUT2D eigenvalue weighted by atomic mass is 31.1. The number of hydrogen-bond acceptors (Lipinski definition) is 4. The molecular weight excluding hydrogens is 361 g/mol. The molecule has 3 atom stereocenters. The number of ether oxygens (including phenoxy) is 1. The van der Waals surface area contributed by atoms with E-state index in [1.807, 2.05) is 13.8 Å². The highest BCUT2D eigenvalue weighted by Crippen LogP contribution is 2.49. The maximum absolute atomic E-state index is 10.7. The van der Waals surface area contributed by atoms with Crippen LogP contribution in [0.3, 0.4) is 0 Å². The maximum Gasteiger partial charge on any atom is 0.235 e. The summed E-state index contributed by atoms with van der Waals surface area (Å²) in [6, 6.07) is 0. The SMILES string of the molecule is Cc1c(C)c2c(c(/C=C/[N+](=O)[O-])c1O)CCC(C)(PCCC(C)C(C)C)O2. The molecule has 0 aromatic heterocycles. The Morgan fingerprint density at radius 1 is 1.33 bits per heavy atom. The number of rotatable bonds is 7. The number of benzene rings is 1. The van der Waals surface area contributed by atoms with Gasteiger partial charge in [0.25, 0.3) is 0 Å². The van der Waals surface area contributed by atoms with Crippen molar-refractivity contribution in [2.24, 2.45) is 11.8 Å². The number of nitrogens with zero attached hydrogens (tertiary/aromatic N) is 1. The molecule has 1 aliphatic rings. The molecule has 150 valence electrons. The van der Waals surface area contributed by atoms with Crippen LogP contribution in [0.25, 0.3) is 6.08 Å². The molecule has 0 saturated carbocycles. The number of fused-ring (bicyclic) bond motifs is 1. The minimum atomic E-state index is -0.508. The van der Waals surface area contributed by atoms with Crippen LogP contribution in [0.2, 0.25) is 0 Å². The smallest absolute Gasteiger partial charge is 0.235 e. The van der Waals surface area contributed by atoms with E-state index in [9.17, 15) is 15.2 Å². The van der Waals surface area contributed by atoms with E-state index >= 15 is 0 Å². The molecule has 3 unspecified atom stereocenters. The van der Waals surface area contributed by atoms with Crippen molar-refractivity contribution in [1.29, 1.82) is 0 Å². The average molecular weight is 393 g/mol. The first-order chi connectivity index (χ1) is 12.6. The lowest BCUT2D eigenvalue weighted by molar-refractivity contribution is -0.400. The summed E-state index contributed by atoms with van der Waals surface area (Å²) in [5.74, 6) is 2.31. The lowest BCUT2D eigenvalue weighted by atomic mass is 9.91. The highest BCUT2D eigenvalue weighted by Gasteiger charge is 2.34. The van der Waals surface area contributed by atoms with Crippen LogP contribution >= 0.6 is 8.58 Å². The molecule has 2 rings (SSSR count). The maximum atomic E-state index is 10.7. The molecule has 1 aromatic rings. The molecule has 1 heterocycles. The third-order valence-corrected chi connectivity index (χ3v) is 7.53. The van der Waals surface area contributed by atoms with Gasteiger partial charge >= 0.3 is 0 Å². The zero-order valence-corrected chi connectivity index (χ0v) is 18.3. The molecule has 27 heavy (non-hydrogen) atoms. The van der Waals surface area contributed by atoms with Crippen LogP contribution in [0.1, 0.15) is 62.8 Å². The Balaban J connectivity index is 2.27. The highest BCUT2D eigenvalue weighted by molar-refractivity contribution is 7.39. The van der Waals surface area contributed by atoms with Gasteiger partial charge in [-0.1, -0.05) is 29.4 Å². The molecule has 0 amide bonds. The predicted molar refractivity (Wildman–Crippen MR) is 113 cm³/mol. The first kappa shape index (κ1) is 21.7. The molecule has 0 aliphatic carbocycles. The largest absolute Gasteiger partial charge is 0.507 e. The molecular formula is C21H32NO4P. The van der Waals surface area contributed by atoms with Gasteiger partial charge in [-0.2, -0.15) is 0 Å². The Bertz CT molecular complexity index is 744. The van der Waals surface area contributed by atoms with E-state index in [1.165, 1.54) is 12.5 Å². The van der Waals surface area contributed by atoms with E-state index < -0.39 is 4.92 Å². The monoisotopic (exact) mass is 393 g/mol. The van der Waals surface area contributed by atoms with E-state index in [0.29, 0.717) is 26.0 Å². The lowest BCUT2D eigenvalue weighted by Crippen LogP contribution is -2.33. The minimum Gasteiger partial charge on any atom is -0.507 e. The molecule has 6 heteroatoms. The Labute approximate surface area is 164 Å². The van der Waals surface area contributed by atoms with Crippen molar-refractivity contribution >= 4 is 14.7 Å². The van der Waals surface area contributed by atoms with Gasteiger partial charge < -0.3 is 9.84 Å². The fourth-order valence-electron chi connectivity index (χ4n) is 3.40. The molecule has 5 nitrogen and oxygen atoms in total. The van der Waals surface area contributed by atoms with E-state index in [1.54, 1.807) is 0 Å². The van der Waals surface area contributed by atoms with Crippen molar-refractivity contribution in [3.63, 3.8) is 0 Å². The van der Waals surface area contributed by atoms with Crippen molar-refractivity contribution < 1.29 is 14.8 Å². The van der Waals surface area contributed by atoms with Crippen LogP contribution in [0.4, 0.5) is 0 Å². The Morgan fingerprint density at radius 2 is 2.00 bits per heavy atom. The summed E-state index contributed by atoms with van der Waals surface area (Å²) in [5.41, 5.74) is 3.04. The van der Waals surface area contributed by atoms with E-state index in [0.717, 1.165) is 47.6 Å². The molecule has 1 aromatic carbocycles. The second-order valence-electron chi connectivity index (χ2n) is 8.19. The van der Waals surface area contributed by atoms with Gasteiger partial charge in [0.15, 0.2) is 0 Å². The fourth-order valence-corrected chi connectivity index (χ4v) is 5.01. The molecule has 0 saturated heterocycles. The average Bonchev–Trinajstić information content (AvgIpc) is 2.59. The Kier molecular flexibility index (Phi) is 6.91. The first-order valence-electron chi connectivity index (χ1n) is 9.66. The van der Waals surface area contributed by atoms with Crippen molar-refractivity contribution in [3.05, 3.63) is 38.6 Å². The zero-order chi connectivity index (χ0) is 20.4. The van der Waals surface area contributed by atoms with Gasteiger partial charge in [0.05, 0.1) is 4.92 Å². The van der Waals surface area contributed by atoms with Crippen LogP contribution in [-0.2, 0) is 6.42 Å². The number of aromatic hydroxyl groups is 1. The number of phenolic OH excluding ortho intramolecular Hbond substituents is 1. The second-order valence-corrected chi connectivity index (χ2v) is 10.1. The standard InChI is InChI=1S/C21H32NO4P/c1-13(2)14(3)9-12-27-21(6)10-7-18-17(8-11-22(24)25)19(23)15(4)16(5)20(18)26-21/h8,11,13-14,23,27H,7,9-10,12H2,1-6H3/b11-8+. The van der Waals surface area contributed by atoms with Crippen LogP contribution in [0.15, 0.2) is 6.20 Å². The lowest BCUT2D eigenvalue weighted by Gasteiger charge is -2.38. The normalized spacial score (nSPS) is 21.0. The summed E-state index contributed by atoms with van der Waals surface area (Å²) in [4.78, 5) is 10.2. The van der Waals surface area contributed by atoms with Gasteiger partial charge in [-0.25, -0.2) is 0 Å². The molecule has 0 fully saturated rings. The number of nitro groups is 1. The van der Waals surface area contributed by atoms with Crippen LogP contribution in [-0.4, -0.2) is 21.5 Å². The first-order valence-corrected chi connectivity index (χ1v) is 10.9. The summed E-state index contributed by atoms with van der Waals surface area (Å²) >= 11 is 0. The van der Waals surface area contributed by atoms with Gasteiger partial charge in [-0.3, -0.25) is 10.1 Å². The number of phenols is 1. The summed E-state index contributed by atoms with van der Waals surface area (Å²) in [7, 11) is 0.705. The van der Waals surface area contributed by atoms with Crippen LogP contribution < -0.4 is 4.74 Å². The third kappa shape index (κ3) is 5.01. The molecule has 1 aliphatic heterocycles. The van der Waals surface area contributed by atoms with Gasteiger partial charge in [-0.05, 0) is 69.2 Å². The van der Waals surface area contributed by atoms with Crippen LogP contribution in [0.5, 0.6) is 11.5 Å². The summed E-state index contributed by atoms with van der Waals surface area (Å²) in [6.45, 7) is 12.8. The van der Waals surface area contributed by atoms with E-state index in [-0.39, 0.29) is 11.1 Å². The van der Waals surface area contributed by atoms with Gasteiger partial charge in [0.1, 0.15) is 16.8 Å². The Morgan fingerprint density at radius 3 is 2.59 bits per heavy atom. The minimum absolute atomic E-state index is 0.116. The summed E-state index contributed by atoms with van der Waals surface area (Å²) in [5, 5.41) is 21.0. The van der Waals surface area contributed by atoms with Crippen molar-refractivity contribution in [3.8, 4) is 11.5 Å². The van der Waals surface area contributed by atoms with Crippen molar-refractivity contribution in [2.45, 2.75) is 66.1 Å². The topological polar surface area (TPSA) is 72.6 Å².